The number of rotatable bonds is 4. The number of carbonyl (C=O) groups excluding carboxylic acids is 1. The Morgan fingerprint density at radius 3 is 2.29 bits per heavy atom. The summed E-state index contributed by atoms with van der Waals surface area (Å²) in [5, 5.41) is 18.3. The van der Waals surface area contributed by atoms with E-state index in [2.05, 4.69) is 0 Å². The molecular weight excluding hydrogens is 226 g/mol. The standard InChI is InChI=1S/C11H19NO5/c1-11(2,16)6-12(3)9(13)7-4-5-8(17-7)10(14)15/h7-8,16H,4-6H2,1-3H3,(H,14,15)/t7-,8+/m0/s1. The van der Waals surface area contributed by atoms with Gasteiger partial charge in [-0.25, -0.2) is 4.79 Å². The number of likely N-dealkylation sites (N-methyl/N-ethyl adjacent to an activating group) is 1. The summed E-state index contributed by atoms with van der Waals surface area (Å²) >= 11 is 0. The Morgan fingerprint density at radius 2 is 1.88 bits per heavy atom. The Balaban J connectivity index is 2.52. The minimum Gasteiger partial charge on any atom is -0.479 e. The number of nitrogens with zero attached hydrogens (tertiary/aromatic N) is 1. The molecule has 1 saturated heterocycles. The highest BCUT2D eigenvalue weighted by molar-refractivity contribution is 5.82. The van der Waals surface area contributed by atoms with Gasteiger partial charge in [0.25, 0.3) is 5.91 Å². The van der Waals surface area contributed by atoms with Crippen LogP contribution in [0.3, 0.4) is 0 Å². The first-order valence-corrected chi connectivity index (χ1v) is 5.56. The summed E-state index contributed by atoms with van der Waals surface area (Å²) < 4.78 is 5.15. The topological polar surface area (TPSA) is 87.1 Å². The molecule has 0 radical (unpaired) electrons. The van der Waals surface area contributed by atoms with Crippen molar-refractivity contribution in [2.24, 2.45) is 0 Å². The van der Waals surface area contributed by atoms with Crippen LogP contribution in [0.15, 0.2) is 0 Å². The first-order chi connectivity index (χ1) is 7.70. The maximum absolute atomic E-state index is 11.9. The van der Waals surface area contributed by atoms with Crippen LogP contribution in [0.25, 0.3) is 0 Å². The molecule has 2 atom stereocenters. The Labute approximate surface area is 100 Å². The van der Waals surface area contributed by atoms with Crippen molar-refractivity contribution in [3.05, 3.63) is 0 Å². The van der Waals surface area contributed by atoms with Gasteiger partial charge in [0, 0.05) is 13.6 Å². The summed E-state index contributed by atoms with van der Waals surface area (Å²) in [5.41, 5.74) is -0.977. The fraction of sp³-hybridized carbons (Fsp3) is 0.818. The zero-order valence-corrected chi connectivity index (χ0v) is 10.3. The van der Waals surface area contributed by atoms with Crippen molar-refractivity contribution in [1.29, 1.82) is 0 Å². The lowest BCUT2D eigenvalue weighted by Crippen LogP contribution is -2.44. The Bertz CT molecular complexity index is 309. The van der Waals surface area contributed by atoms with Crippen LogP contribution in [0.4, 0.5) is 0 Å². The monoisotopic (exact) mass is 245 g/mol. The lowest BCUT2D eigenvalue weighted by Gasteiger charge is -2.27. The molecule has 0 aromatic carbocycles. The van der Waals surface area contributed by atoms with Gasteiger partial charge >= 0.3 is 5.97 Å². The Morgan fingerprint density at radius 1 is 1.35 bits per heavy atom. The number of carbonyl (C=O) groups is 2. The van der Waals surface area contributed by atoms with Gasteiger partial charge in [0.05, 0.1) is 5.60 Å². The lowest BCUT2D eigenvalue weighted by molar-refractivity contribution is -0.155. The summed E-state index contributed by atoms with van der Waals surface area (Å²) in [6.07, 6.45) is -0.836. The minimum absolute atomic E-state index is 0.184. The average molecular weight is 245 g/mol. The smallest absolute Gasteiger partial charge is 0.332 e. The lowest BCUT2D eigenvalue weighted by atomic mass is 10.1. The second-order valence-electron chi connectivity index (χ2n) is 5.04. The molecule has 0 aliphatic carbocycles. The van der Waals surface area contributed by atoms with Gasteiger partial charge in [0.15, 0.2) is 6.10 Å². The van der Waals surface area contributed by atoms with E-state index in [4.69, 9.17) is 9.84 Å². The molecule has 0 aromatic rings. The quantitative estimate of drug-likeness (QED) is 0.719. The SMILES string of the molecule is CN(CC(C)(C)O)C(=O)[C@@H]1CC[C@H](C(=O)O)O1. The van der Waals surface area contributed by atoms with Crippen molar-refractivity contribution < 1.29 is 24.5 Å². The number of amides is 1. The average Bonchev–Trinajstić information content (AvgIpc) is 2.62. The molecule has 0 saturated carbocycles. The van der Waals surface area contributed by atoms with Crippen LogP contribution in [0, 0.1) is 0 Å². The number of carboxylic acids is 1. The molecule has 0 aromatic heterocycles. The van der Waals surface area contributed by atoms with Gasteiger partial charge < -0.3 is 19.8 Å². The van der Waals surface area contributed by atoms with Crippen LogP contribution in [0.1, 0.15) is 26.7 Å². The van der Waals surface area contributed by atoms with Crippen LogP contribution in [0.5, 0.6) is 0 Å². The van der Waals surface area contributed by atoms with Crippen molar-refractivity contribution >= 4 is 11.9 Å². The molecule has 98 valence electrons. The highest BCUT2D eigenvalue weighted by Crippen LogP contribution is 2.21. The summed E-state index contributed by atoms with van der Waals surface area (Å²) in [4.78, 5) is 23.9. The third-order valence-corrected chi connectivity index (χ3v) is 2.57. The first-order valence-electron chi connectivity index (χ1n) is 5.56. The third-order valence-electron chi connectivity index (χ3n) is 2.57. The van der Waals surface area contributed by atoms with Gasteiger partial charge in [0.1, 0.15) is 6.10 Å². The highest BCUT2D eigenvalue weighted by Gasteiger charge is 2.36. The minimum atomic E-state index is -1.04. The molecule has 0 bridgehead atoms. The van der Waals surface area contributed by atoms with Crippen molar-refractivity contribution in [3.8, 4) is 0 Å². The Kier molecular flexibility index (Phi) is 4.11. The number of hydrogen-bond acceptors (Lipinski definition) is 4. The zero-order valence-electron chi connectivity index (χ0n) is 10.3. The second-order valence-corrected chi connectivity index (χ2v) is 5.04. The maximum Gasteiger partial charge on any atom is 0.332 e. The number of aliphatic hydroxyl groups is 1. The van der Waals surface area contributed by atoms with Gasteiger partial charge in [-0.3, -0.25) is 4.79 Å². The fourth-order valence-electron chi connectivity index (χ4n) is 1.90. The van der Waals surface area contributed by atoms with E-state index in [1.54, 1.807) is 20.9 Å². The summed E-state index contributed by atoms with van der Waals surface area (Å²) in [6, 6.07) is 0. The van der Waals surface area contributed by atoms with Gasteiger partial charge in [-0.15, -0.1) is 0 Å². The number of ether oxygens (including phenoxy) is 1. The second kappa shape index (κ2) is 5.01. The molecule has 1 aliphatic rings. The van der Waals surface area contributed by atoms with Gasteiger partial charge in [-0.05, 0) is 26.7 Å². The number of carboxylic acid groups (broad SMARTS) is 1. The summed E-state index contributed by atoms with van der Waals surface area (Å²) in [5.74, 6) is -1.32. The van der Waals surface area contributed by atoms with Crippen molar-refractivity contribution in [1.82, 2.24) is 4.90 Å². The van der Waals surface area contributed by atoms with Crippen LogP contribution in [-0.2, 0) is 14.3 Å². The first kappa shape index (κ1) is 13.9. The van der Waals surface area contributed by atoms with E-state index in [1.165, 1.54) is 4.90 Å². The fourth-order valence-corrected chi connectivity index (χ4v) is 1.90. The molecule has 1 rings (SSSR count). The molecule has 1 aliphatic heterocycles. The van der Waals surface area contributed by atoms with E-state index < -0.39 is 23.8 Å². The largest absolute Gasteiger partial charge is 0.479 e. The van der Waals surface area contributed by atoms with E-state index in [1.807, 2.05) is 0 Å². The van der Waals surface area contributed by atoms with E-state index >= 15 is 0 Å². The normalized spacial score (nSPS) is 24.7. The summed E-state index contributed by atoms with van der Waals surface area (Å²) in [6.45, 7) is 3.39. The number of hydrogen-bond donors (Lipinski definition) is 2. The van der Waals surface area contributed by atoms with E-state index in [0.29, 0.717) is 12.8 Å². The van der Waals surface area contributed by atoms with Gasteiger partial charge in [0.2, 0.25) is 0 Å². The van der Waals surface area contributed by atoms with E-state index in [0.717, 1.165) is 0 Å². The van der Waals surface area contributed by atoms with Crippen LogP contribution < -0.4 is 0 Å². The Hall–Kier alpha value is -1.14. The van der Waals surface area contributed by atoms with Crippen LogP contribution in [0.2, 0.25) is 0 Å². The van der Waals surface area contributed by atoms with Crippen molar-refractivity contribution in [2.75, 3.05) is 13.6 Å². The zero-order chi connectivity index (χ0) is 13.2. The molecule has 6 nitrogen and oxygen atoms in total. The summed E-state index contributed by atoms with van der Waals surface area (Å²) in [7, 11) is 1.57. The van der Waals surface area contributed by atoms with E-state index in [-0.39, 0.29) is 12.5 Å². The maximum atomic E-state index is 11.9. The van der Waals surface area contributed by atoms with Gasteiger partial charge in [-0.1, -0.05) is 0 Å². The molecule has 17 heavy (non-hydrogen) atoms. The van der Waals surface area contributed by atoms with Crippen LogP contribution >= 0.6 is 0 Å². The molecule has 1 amide bonds. The molecule has 6 heteroatoms. The third kappa shape index (κ3) is 3.98. The molecule has 0 spiro atoms. The number of aliphatic carboxylic acids is 1. The predicted molar refractivity (Wildman–Crippen MR) is 59.5 cm³/mol. The highest BCUT2D eigenvalue weighted by atomic mass is 16.5. The molecule has 1 heterocycles. The van der Waals surface area contributed by atoms with Crippen molar-refractivity contribution in [3.63, 3.8) is 0 Å². The van der Waals surface area contributed by atoms with Gasteiger partial charge in [-0.2, -0.15) is 0 Å². The van der Waals surface area contributed by atoms with E-state index in [9.17, 15) is 14.7 Å². The molecule has 0 unspecified atom stereocenters. The van der Waals surface area contributed by atoms with Crippen molar-refractivity contribution in [2.45, 2.75) is 44.5 Å². The molecule has 2 N–H and O–H groups in total. The molecular formula is C11H19NO5. The molecule has 1 fully saturated rings. The van der Waals surface area contributed by atoms with Crippen LogP contribution in [-0.4, -0.2) is 58.4 Å². The predicted octanol–water partition coefficient (Wildman–Crippen LogP) is -0.152.